The number of fused-ring (bicyclic) bond motifs is 1. The Labute approximate surface area is 165 Å². The summed E-state index contributed by atoms with van der Waals surface area (Å²) in [5, 5.41) is 0. The normalized spacial score (nSPS) is 21.2. The lowest BCUT2D eigenvalue weighted by atomic mass is 10.0. The van der Waals surface area contributed by atoms with Gasteiger partial charge in [-0.1, -0.05) is 6.07 Å². The van der Waals surface area contributed by atoms with E-state index in [4.69, 9.17) is 0 Å². The summed E-state index contributed by atoms with van der Waals surface area (Å²) in [4.78, 5) is 35.9. The van der Waals surface area contributed by atoms with Gasteiger partial charge in [-0.25, -0.2) is 4.98 Å². The Morgan fingerprint density at radius 2 is 1.89 bits per heavy atom. The minimum atomic E-state index is 0.110. The lowest BCUT2D eigenvalue weighted by molar-refractivity contribution is -0.137. The molecule has 2 aliphatic heterocycles. The molecule has 0 aliphatic carbocycles. The second-order valence-corrected chi connectivity index (χ2v) is 7.96. The Hall–Kier alpha value is -2.41. The third kappa shape index (κ3) is 4.19. The first kappa shape index (κ1) is 18.9. The Morgan fingerprint density at radius 3 is 2.64 bits per heavy atom. The molecule has 7 nitrogen and oxygen atoms in total. The number of hydrogen-bond acceptors (Lipinski definition) is 4. The monoisotopic (exact) mass is 383 g/mol. The summed E-state index contributed by atoms with van der Waals surface area (Å²) in [6, 6.07) is 6.19. The molecule has 2 aromatic heterocycles. The SMILES string of the molecule is CC1CCCCN1C(=O)CN1CCN(C(=O)Cc2cn3ccccc3n2)CC1. The van der Waals surface area contributed by atoms with Gasteiger partial charge < -0.3 is 14.2 Å². The van der Waals surface area contributed by atoms with Crippen molar-refractivity contribution in [2.75, 3.05) is 39.3 Å². The maximum absolute atomic E-state index is 12.6. The van der Waals surface area contributed by atoms with E-state index in [0.29, 0.717) is 32.1 Å². The van der Waals surface area contributed by atoms with Crippen LogP contribution in [0.1, 0.15) is 31.9 Å². The molecule has 2 aliphatic rings. The van der Waals surface area contributed by atoms with Crippen molar-refractivity contribution < 1.29 is 9.59 Å². The third-order valence-electron chi connectivity index (χ3n) is 5.95. The van der Waals surface area contributed by atoms with E-state index in [9.17, 15) is 9.59 Å². The van der Waals surface area contributed by atoms with Crippen molar-refractivity contribution in [3.05, 3.63) is 36.3 Å². The van der Waals surface area contributed by atoms with Crippen LogP contribution in [0.25, 0.3) is 5.65 Å². The predicted molar refractivity (Wildman–Crippen MR) is 107 cm³/mol. The molecule has 2 amide bonds. The highest BCUT2D eigenvalue weighted by molar-refractivity contribution is 5.79. The van der Waals surface area contributed by atoms with Crippen LogP contribution in [0.2, 0.25) is 0 Å². The fourth-order valence-corrected chi connectivity index (χ4v) is 4.25. The minimum absolute atomic E-state index is 0.110. The Balaban J connectivity index is 1.26. The number of pyridine rings is 1. The zero-order valence-corrected chi connectivity index (χ0v) is 16.6. The van der Waals surface area contributed by atoms with Gasteiger partial charge in [-0.05, 0) is 38.3 Å². The molecule has 150 valence electrons. The summed E-state index contributed by atoms with van der Waals surface area (Å²) in [6.07, 6.45) is 7.62. The molecule has 28 heavy (non-hydrogen) atoms. The van der Waals surface area contributed by atoms with Gasteiger partial charge >= 0.3 is 0 Å². The molecule has 4 rings (SSSR count). The Kier molecular flexibility index (Phi) is 5.62. The van der Waals surface area contributed by atoms with Gasteiger partial charge in [0.25, 0.3) is 0 Å². The highest BCUT2D eigenvalue weighted by atomic mass is 16.2. The highest BCUT2D eigenvalue weighted by Gasteiger charge is 2.27. The minimum Gasteiger partial charge on any atom is -0.340 e. The van der Waals surface area contributed by atoms with Crippen molar-refractivity contribution in [3.8, 4) is 0 Å². The predicted octanol–water partition coefficient (Wildman–Crippen LogP) is 1.42. The topological polar surface area (TPSA) is 61.2 Å². The number of piperidine rings is 1. The van der Waals surface area contributed by atoms with Gasteiger partial charge in [0, 0.05) is 51.2 Å². The van der Waals surface area contributed by atoms with E-state index >= 15 is 0 Å². The van der Waals surface area contributed by atoms with E-state index < -0.39 is 0 Å². The van der Waals surface area contributed by atoms with E-state index in [-0.39, 0.29) is 11.8 Å². The Morgan fingerprint density at radius 1 is 1.07 bits per heavy atom. The van der Waals surface area contributed by atoms with Crippen molar-refractivity contribution in [1.29, 1.82) is 0 Å². The van der Waals surface area contributed by atoms with E-state index in [2.05, 4.69) is 16.8 Å². The lowest BCUT2D eigenvalue weighted by Gasteiger charge is -2.38. The number of likely N-dealkylation sites (tertiary alicyclic amines) is 1. The van der Waals surface area contributed by atoms with Crippen LogP contribution < -0.4 is 0 Å². The second kappa shape index (κ2) is 8.31. The number of carbonyl (C=O) groups excluding carboxylic acids is 2. The standard InChI is InChI=1S/C21H29N5O2/c1-17-6-2-5-9-26(17)21(28)16-23-10-12-24(13-11-23)20(27)14-18-15-25-8-4-3-7-19(25)22-18/h3-4,7-8,15,17H,2,5-6,9-14,16H2,1H3. The Bertz CT molecular complexity index is 807. The van der Waals surface area contributed by atoms with Gasteiger partial charge in [-0.3, -0.25) is 14.5 Å². The number of aromatic nitrogens is 2. The molecule has 0 aromatic carbocycles. The lowest BCUT2D eigenvalue weighted by Crippen LogP contribution is -2.53. The molecule has 0 N–H and O–H groups in total. The molecule has 4 heterocycles. The van der Waals surface area contributed by atoms with E-state index in [1.165, 1.54) is 6.42 Å². The molecular formula is C21H29N5O2. The fourth-order valence-electron chi connectivity index (χ4n) is 4.25. The summed E-state index contributed by atoms with van der Waals surface area (Å²) in [5.74, 6) is 0.343. The van der Waals surface area contributed by atoms with Gasteiger partial charge in [0.05, 0.1) is 18.7 Å². The number of piperazine rings is 1. The molecule has 2 aromatic rings. The van der Waals surface area contributed by atoms with E-state index in [0.717, 1.165) is 43.8 Å². The molecule has 0 saturated carbocycles. The number of nitrogens with zero attached hydrogens (tertiary/aromatic N) is 5. The van der Waals surface area contributed by atoms with E-state index in [1.807, 2.05) is 44.8 Å². The number of imidazole rings is 1. The molecule has 7 heteroatoms. The number of hydrogen-bond donors (Lipinski definition) is 0. The number of amides is 2. The van der Waals surface area contributed by atoms with Crippen LogP contribution >= 0.6 is 0 Å². The van der Waals surface area contributed by atoms with Gasteiger partial charge in [0.15, 0.2) is 0 Å². The van der Waals surface area contributed by atoms with Gasteiger partial charge in [-0.2, -0.15) is 0 Å². The van der Waals surface area contributed by atoms with Crippen LogP contribution in [0.15, 0.2) is 30.6 Å². The molecular weight excluding hydrogens is 354 g/mol. The zero-order chi connectivity index (χ0) is 19.5. The number of carbonyl (C=O) groups is 2. The van der Waals surface area contributed by atoms with Crippen molar-refractivity contribution in [2.24, 2.45) is 0 Å². The quantitative estimate of drug-likeness (QED) is 0.801. The van der Waals surface area contributed by atoms with Crippen LogP contribution in [0.3, 0.4) is 0 Å². The molecule has 1 unspecified atom stereocenters. The van der Waals surface area contributed by atoms with Crippen LogP contribution in [0.5, 0.6) is 0 Å². The summed E-state index contributed by atoms with van der Waals surface area (Å²) < 4.78 is 1.94. The van der Waals surface area contributed by atoms with Crippen LogP contribution in [-0.4, -0.2) is 81.2 Å². The van der Waals surface area contributed by atoms with Gasteiger partial charge in [-0.15, -0.1) is 0 Å². The first-order valence-corrected chi connectivity index (χ1v) is 10.3. The molecule has 1 atom stereocenters. The first-order chi connectivity index (χ1) is 13.6. The largest absolute Gasteiger partial charge is 0.340 e. The summed E-state index contributed by atoms with van der Waals surface area (Å²) in [5.41, 5.74) is 1.66. The summed E-state index contributed by atoms with van der Waals surface area (Å²) in [7, 11) is 0. The summed E-state index contributed by atoms with van der Waals surface area (Å²) in [6.45, 7) is 6.36. The molecule has 0 spiro atoms. The molecule has 0 bridgehead atoms. The third-order valence-corrected chi connectivity index (χ3v) is 5.95. The highest BCUT2D eigenvalue weighted by Crippen LogP contribution is 2.17. The van der Waals surface area contributed by atoms with Crippen molar-refractivity contribution in [2.45, 2.75) is 38.6 Å². The summed E-state index contributed by atoms with van der Waals surface area (Å²) >= 11 is 0. The van der Waals surface area contributed by atoms with Gasteiger partial charge in [0.2, 0.25) is 11.8 Å². The van der Waals surface area contributed by atoms with Crippen LogP contribution in [0.4, 0.5) is 0 Å². The van der Waals surface area contributed by atoms with Crippen LogP contribution in [-0.2, 0) is 16.0 Å². The molecule has 2 fully saturated rings. The fraction of sp³-hybridized carbons (Fsp3) is 0.571. The average Bonchev–Trinajstić information content (AvgIpc) is 3.11. The van der Waals surface area contributed by atoms with Crippen molar-refractivity contribution >= 4 is 17.5 Å². The maximum atomic E-state index is 12.6. The number of rotatable bonds is 4. The smallest absolute Gasteiger partial charge is 0.236 e. The zero-order valence-electron chi connectivity index (χ0n) is 16.6. The molecule has 2 saturated heterocycles. The van der Waals surface area contributed by atoms with Crippen molar-refractivity contribution in [1.82, 2.24) is 24.1 Å². The maximum Gasteiger partial charge on any atom is 0.236 e. The van der Waals surface area contributed by atoms with Crippen LogP contribution in [0, 0.1) is 0 Å². The molecule has 0 radical (unpaired) electrons. The van der Waals surface area contributed by atoms with E-state index in [1.54, 1.807) is 0 Å². The second-order valence-electron chi connectivity index (χ2n) is 7.96. The van der Waals surface area contributed by atoms with Gasteiger partial charge in [0.1, 0.15) is 5.65 Å². The first-order valence-electron chi connectivity index (χ1n) is 10.3. The van der Waals surface area contributed by atoms with Crippen molar-refractivity contribution in [3.63, 3.8) is 0 Å². The average molecular weight is 383 g/mol.